The molecular formula is C14H17ClN4OS. The maximum atomic E-state index is 12.3. The van der Waals surface area contributed by atoms with Gasteiger partial charge in [0.1, 0.15) is 11.0 Å². The lowest BCUT2D eigenvalue weighted by atomic mass is 10.2. The van der Waals surface area contributed by atoms with E-state index in [0.29, 0.717) is 16.6 Å². The molecule has 1 aromatic carbocycles. The van der Waals surface area contributed by atoms with Crippen molar-refractivity contribution in [2.75, 3.05) is 10.6 Å². The van der Waals surface area contributed by atoms with Crippen LogP contribution in [0.4, 0.5) is 10.8 Å². The Morgan fingerprint density at radius 1 is 1.33 bits per heavy atom. The average molecular weight is 325 g/mol. The molecule has 112 valence electrons. The van der Waals surface area contributed by atoms with Crippen molar-refractivity contribution < 1.29 is 4.79 Å². The van der Waals surface area contributed by atoms with Crippen LogP contribution in [0.2, 0.25) is 5.02 Å². The molecule has 0 aliphatic heterocycles. The number of hydrogen-bond donors (Lipinski definition) is 2. The van der Waals surface area contributed by atoms with E-state index < -0.39 is 0 Å². The van der Waals surface area contributed by atoms with Crippen LogP contribution in [0.25, 0.3) is 0 Å². The molecule has 5 nitrogen and oxygen atoms in total. The van der Waals surface area contributed by atoms with E-state index in [-0.39, 0.29) is 11.9 Å². The summed E-state index contributed by atoms with van der Waals surface area (Å²) < 4.78 is 0. The Morgan fingerprint density at radius 2 is 2.10 bits per heavy atom. The van der Waals surface area contributed by atoms with Crippen molar-refractivity contribution >= 4 is 39.7 Å². The second kappa shape index (κ2) is 7.38. The van der Waals surface area contributed by atoms with Gasteiger partial charge in [-0.25, -0.2) is 0 Å². The van der Waals surface area contributed by atoms with E-state index in [2.05, 4.69) is 20.8 Å². The number of carbonyl (C=O) groups is 1. The van der Waals surface area contributed by atoms with Crippen molar-refractivity contribution in [1.29, 1.82) is 0 Å². The maximum absolute atomic E-state index is 12.3. The van der Waals surface area contributed by atoms with Gasteiger partial charge in [0.05, 0.1) is 10.7 Å². The molecule has 7 heteroatoms. The quantitative estimate of drug-likeness (QED) is 0.852. The molecule has 0 fully saturated rings. The zero-order valence-electron chi connectivity index (χ0n) is 11.9. The predicted octanol–water partition coefficient (Wildman–Crippen LogP) is 3.58. The number of halogens is 1. The molecule has 2 N–H and O–H groups in total. The zero-order chi connectivity index (χ0) is 15.2. The fourth-order valence-electron chi connectivity index (χ4n) is 1.76. The van der Waals surface area contributed by atoms with Gasteiger partial charge in [-0.3, -0.25) is 10.1 Å². The van der Waals surface area contributed by atoms with E-state index in [0.717, 1.165) is 17.1 Å². The van der Waals surface area contributed by atoms with E-state index in [1.807, 2.05) is 32.0 Å². The Labute approximate surface area is 132 Å². The molecule has 2 rings (SSSR count). The van der Waals surface area contributed by atoms with Gasteiger partial charge in [0.25, 0.3) is 0 Å². The van der Waals surface area contributed by atoms with Crippen LogP contribution in [0, 0.1) is 0 Å². The molecule has 0 aliphatic rings. The number of nitrogens with one attached hydrogen (secondary N) is 2. The SMILES string of the molecule is CCc1nnc(NC(=O)[C@@H](CC)Nc2ccccc2Cl)s1. The number of amides is 1. The third-order valence-corrected chi connectivity index (χ3v) is 4.24. The van der Waals surface area contributed by atoms with E-state index in [4.69, 9.17) is 11.6 Å². The number of aryl methyl sites for hydroxylation is 1. The second-order valence-corrected chi connectivity index (χ2v) is 5.90. The summed E-state index contributed by atoms with van der Waals surface area (Å²) in [6, 6.07) is 6.98. The van der Waals surface area contributed by atoms with Crippen molar-refractivity contribution in [3.63, 3.8) is 0 Å². The van der Waals surface area contributed by atoms with Gasteiger partial charge >= 0.3 is 0 Å². The maximum Gasteiger partial charge on any atom is 0.248 e. The minimum atomic E-state index is -0.376. The topological polar surface area (TPSA) is 66.9 Å². The van der Waals surface area contributed by atoms with Crippen LogP contribution >= 0.6 is 22.9 Å². The highest BCUT2D eigenvalue weighted by atomic mass is 35.5. The molecule has 0 saturated heterocycles. The van der Waals surface area contributed by atoms with Crippen molar-refractivity contribution in [2.24, 2.45) is 0 Å². The smallest absolute Gasteiger partial charge is 0.248 e. The van der Waals surface area contributed by atoms with E-state index >= 15 is 0 Å². The molecule has 1 aromatic heterocycles. The number of aromatic nitrogens is 2. The molecule has 0 radical (unpaired) electrons. The Morgan fingerprint density at radius 3 is 2.71 bits per heavy atom. The summed E-state index contributed by atoms with van der Waals surface area (Å²) >= 11 is 7.49. The highest BCUT2D eigenvalue weighted by molar-refractivity contribution is 7.15. The molecule has 0 unspecified atom stereocenters. The van der Waals surface area contributed by atoms with Gasteiger partial charge in [-0.15, -0.1) is 10.2 Å². The lowest BCUT2D eigenvalue weighted by Gasteiger charge is -2.17. The third-order valence-electron chi connectivity index (χ3n) is 2.93. The van der Waals surface area contributed by atoms with Crippen molar-refractivity contribution in [2.45, 2.75) is 32.7 Å². The summed E-state index contributed by atoms with van der Waals surface area (Å²) in [6.45, 7) is 3.94. The normalized spacial score (nSPS) is 12.0. The lowest BCUT2D eigenvalue weighted by Crippen LogP contribution is -2.34. The molecule has 2 aromatic rings. The van der Waals surface area contributed by atoms with Gasteiger partial charge in [0.2, 0.25) is 11.0 Å². The summed E-state index contributed by atoms with van der Waals surface area (Å²) in [7, 11) is 0. The van der Waals surface area contributed by atoms with E-state index in [1.54, 1.807) is 6.07 Å². The number of rotatable bonds is 6. The van der Waals surface area contributed by atoms with Gasteiger partial charge in [-0.1, -0.05) is 48.9 Å². The predicted molar refractivity (Wildman–Crippen MR) is 87.1 cm³/mol. The van der Waals surface area contributed by atoms with Crippen molar-refractivity contribution in [3.8, 4) is 0 Å². The first kappa shape index (κ1) is 15.7. The second-order valence-electron chi connectivity index (χ2n) is 4.43. The molecule has 0 bridgehead atoms. The molecule has 0 aliphatic carbocycles. The van der Waals surface area contributed by atoms with Crippen molar-refractivity contribution in [3.05, 3.63) is 34.3 Å². The summed E-state index contributed by atoms with van der Waals surface area (Å²) in [6.07, 6.45) is 1.44. The average Bonchev–Trinajstić information content (AvgIpc) is 2.94. The Kier molecular flexibility index (Phi) is 5.52. The van der Waals surface area contributed by atoms with Crippen LogP contribution in [-0.2, 0) is 11.2 Å². The zero-order valence-corrected chi connectivity index (χ0v) is 13.5. The summed E-state index contributed by atoms with van der Waals surface area (Å²) in [5.74, 6) is -0.142. The van der Waals surface area contributed by atoms with E-state index in [1.165, 1.54) is 11.3 Å². The standard InChI is InChI=1S/C14H17ClN4OS/c1-3-10(16-11-8-6-5-7-9(11)15)13(20)17-14-19-18-12(4-2)21-14/h5-8,10,16H,3-4H2,1-2H3,(H,17,19,20)/t10-/m1/s1. The Bertz CT molecular complexity index is 617. The largest absolute Gasteiger partial charge is 0.372 e. The third kappa shape index (κ3) is 4.15. The van der Waals surface area contributed by atoms with Crippen LogP contribution in [0.15, 0.2) is 24.3 Å². The monoisotopic (exact) mass is 324 g/mol. The number of hydrogen-bond acceptors (Lipinski definition) is 5. The number of anilines is 2. The first-order valence-electron chi connectivity index (χ1n) is 6.78. The molecule has 0 saturated carbocycles. The summed E-state index contributed by atoms with van der Waals surface area (Å²) in [5.41, 5.74) is 0.743. The van der Waals surface area contributed by atoms with Gasteiger partial charge in [0, 0.05) is 0 Å². The van der Waals surface area contributed by atoms with Crippen molar-refractivity contribution in [1.82, 2.24) is 10.2 Å². The van der Waals surface area contributed by atoms with Crippen LogP contribution in [0.3, 0.4) is 0 Å². The molecule has 1 atom stereocenters. The fourth-order valence-corrected chi connectivity index (χ4v) is 2.63. The highest BCUT2D eigenvalue weighted by Gasteiger charge is 2.18. The van der Waals surface area contributed by atoms with E-state index in [9.17, 15) is 4.79 Å². The minimum Gasteiger partial charge on any atom is -0.372 e. The van der Waals surface area contributed by atoms with Gasteiger partial charge in [-0.2, -0.15) is 0 Å². The van der Waals surface area contributed by atoms with Crippen LogP contribution in [-0.4, -0.2) is 22.1 Å². The number of nitrogens with zero attached hydrogens (tertiary/aromatic N) is 2. The fraction of sp³-hybridized carbons (Fsp3) is 0.357. The summed E-state index contributed by atoms with van der Waals surface area (Å²) in [5, 5.41) is 15.9. The van der Waals surface area contributed by atoms with Gasteiger partial charge < -0.3 is 5.32 Å². The van der Waals surface area contributed by atoms with Crippen LogP contribution < -0.4 is 10.6 Å². The lowest BCUT2D eigenvalue weighted by molar-refractivity contribution is -0.117. The molecule has 1 heterocycles. The number of benzene rings is 1. The first-order chi connectivity index (χ1) is 10.1. The van der Waals surface area contributed by atoms with Gasteiger partial charge in [-0.05, 0) is 25.0 Å². The Balaban J connectivity index is 2.03. The molecule has 0 spiro atoms. The van der Waals surface area contributed by atoms with Crippen LogP contribution in [0.1, 0.15) is 25.3 Å². The van der Waals surface area contributed by atoms with Crippen LogP contribution in [0.5, 0.6) is 0 Å². The highest BCUT2D eigenvalue weighted by Crippen LogP contribution is 2.22. The summed E-state index contributed by atoms with van der Waals surface area (Å²) in [4.78, 5) is 12.3. The minimum absolute atomic E-state index is 0.142. The number of carbonyl (C=O) groups excluding carboxylic acids is 1. The first-order valence-corrected chi connectivity index (χ1v) is 7.97. The Hall–Kier alpha value is -1.66. The molecule has 21 heavy (non-hydrogen) atoms. The number of para-hydroxylation sites is 1. The molecule has 1 amide bonds. The molecular weight excluding hydrogens is 308 g/mol. The van der Waals surface area contributed by atoms with Gasteiger partial charge in [0.15, 0.2) is 0 Å².